The second-order valence-electron chi connectivity index (χ2n) is 3.75. The van der Waals surface area contributed by atoms with Gasteiger partial charge in [0.05, 0.1) is 17.7 Å². The fourth-order valence-corrected chi connectivity index (χ4v) is 2.23. The van der Waals surface area contributed by atoms with Crippen LogP contribution in [-0.2, 0) is 6.54 Å². The van der Waals surface area contributed by atoms with Gasteiger partial charge in [-0.25, -0.2) is 9.97 Å². The van der Waals surface area contributed by atoms with Gasteiger partial charge in [-0.05, 0) is 18.2 Å². The van der Waals surface area contributed by atoms with Crippen LogP contribution in [0.3, 0.4) is 0 Å². The average molecular weight is 245 g/mol. The third-order valence-electron chi connectivity index (χ3n) is 2.45. The van der Waals surface area contributed by atoms with Crippen molar-refractivity contribution in [2.24, 2.45) is 0 Å². The van der Waals surface area contributed by atoms with E-state index in [4.69, 9.17) is 4.42 Å². The summed E-state index contributed by atoms with van der Waals surface area (Å²) in [6, 6.07) is 5.90. The number of thiazole rings is 1. The van der Waals surface area contributed by atoms with Crippen molar-refractivity contribution in [1.29, 1.82) is 0 Å². The minimum Gasteiger partial charge on any atom is -0.441 e. The Morgan fingerprint density at radius 1 is 1.41 bits per heavy atom. The molecule has 0 aliphatic carbocycles. The third kappa shape index (κ3) is 2.14. The number of nitrogens with zero attached hydrogens (tertiary/aromatic N) is 2. The van der Waals surface area contributed by atoms with E-state index in [1.807, 2.05) is 36.0 Å². The fraction of sp³-hybridized carbons (Fsp3) is 0.167. The monoisotopic (exact) mass is 245 g/mol. The van der Waals surface area contributed by atoms with Gasteiger partial charge in [-0.15, -0.1) is 11.3 Å². The molecule has 2 heterocycles. The topological polar surface area (TPSA) is 51.0 Å². The highest BCUT2D eigenvalue weighted by Gasteiger charge is 2.03. The molecule has 3 rings (SSSR count). The van der Waals surface area contributed by atoms with Crippen LogP contribution < -0.4 is 5.32 Å². The van der Waals surface area contributed by atoms with E-state index in [2.05, 4.69) is 15.3 Å². The van der Waals surface area contributed by atoms with Crippen molar-refractivity contribution in [3.8, 4) is 0 Å². The molecule has 0 bridgehead atoms. The summed E-state index contributed by atoms with van der Waals surface area (Å²) in [6.45, 7) is 2.58. The van der Waals surface area contributed by atoms with Crippen LogP contribution in [0, 0.1) is 6.92 Å². The first-order valence-electron chi connectivity index (χ1n) is 5.29. The van der Waals surface area contributed by atoms with E-state index >= 15 is 0 Å². The number of aromatic nitrogens is 2. The molecule has 1 aromatic carbocycles. The maximum absolute atomic E-state index is 5.42. The zero-order chi connectivity index (χ0) is 11.7. The maximum Gasteiger partial charge on any atom is 0.192 e. The number of aryl methyl sites for hydroxylation is 1. The van der Waals surface area contributed by atoms with Crippen LogP contribution in [0.1, 0.15) is 11.6 Å². The van der Waals surface area contributed by atoms with Crippen LogP contribution in [0.4, 0.5) is 5.69 Å². The zero-order valence-electron chi connectivity index (χ0n) is 9.30. The summed E-state index contributed by atoms with van der Waals surface area (Å²) in [4.78, 5) is 8.52. The van der Waals surface area contributed by atoms with Crippen LogP contribution in [0.15, 0.2) is 33.5 Å². The van der Waals surface area contributed by atoms with Gasteiger partial charge in [-0.3, -0.25) is 0 Å². The summed E-state index contributed by atoms with van der Waals surface area (Å²) in [5.74, 6) is 0.691. The number of nitrogens with one attached hydrogen (secondary N) is 1. The Morgan fingerprint density at radius 3 is 3.18 bits per heavy atom. The Balaban J connectivity index is 1.81. The van der Waals surface area contributed by atoms with Crippen LogP contribution in [0.25, 0.3) is 11.1 Å². The molecule has 0 radical (unpaired) electrons. The molecule has 0 spiro atoms. The van der Waals surface area contributed by atoms with Crippen LogP contribution in [0.2, 0.25) is 0 Å². The van der Waals surface area contributed by atoms with Crippen LogP contribution in [-0.4, -0.2) is 9.97 Å². The van der Waals surface area contributed by atoms with Crippen molar-refractivity contribution in [2.45, 2.75) is 13.5 Å². The second-order valence-corrected chi connectivity index (χ2v) is 4.47. The van der Waals surface area contributed by atoms with Gasteiger partial charge in [0, 0.05) is 18.0 Å². The molecule has 0 atom stereocenters. The van der Waals surface area contributed by atoms with E-state index in [9.17, 15) is 0 Å². The maximum atomic E-state index is 5.42. The number of oxazole rings is 1. The lowest BCUT2D eigenvalue weighted by Crippen LogP contribution is -1.98. The van der Waals surface area contributed by atoms with Crippen molar-refractivity contribution < 1.29 is 4.42 Å². The largest absolute Gasteiger partial charge is 0.441 e. The van der Waals surface area contributed by atoms with E-state index < -0.39 is 0 Å². The Kier molecular flexibility index (Phi) is 2.53. The predicted molar refractivity (Wildman–Crippen MR) is 68.2 cm³/mol. The molecule has 0 aliphatic rings. The molecule has 0 saturated heterocycles. The van der Waals surface area contributed by atoms with E-state index in [0.717, 1.165) is 29.0 Å². The van der Waals surface area contributed by atoms with Crippen molar-refractivity contribution in [3.05, 3.63) is 40.7 Å². The molecule has 3 aromatic rings. The van der Waals surface area contributed by atoms with E-state index in [0.29, 0.717) is 5.89 Å². The lowest BCUT2D eigenvalue weighted by Gasteiger charge is -2.03. The highest BCUT2D eigenvalue weighted by molar-refractivity contribution is 7.07. The van der Waals surface area contributed by atoms with Gasteiger partial charge in [0.2, 0.25) is 0 Å². The van der Waals surface area contributed by atoms with Crippen molar-refractivity contribution in [3.63, 3.8) is 0 Å². The number of rotatable bonds is 3. The summed E-state index contributed by atoms with van der Waals surface area (Å²) >= 11 is 1.60. The SMILES string of the molecule is Cc1nc2cc(NCc3cscn3)ccc2o1. The lowest BCUT2D eigenvalue weighted by molar-refractivity contribution is 0.561. The second kappa shape index (κ2) is 4.18. The first-order chi connectivity index (χ1) is 8.31. The van der Waals surface area contributed by atoms with Gasteiger partial charge in [0.1, 0.15) is 5.52 Å². The first-order valence-corrected chi connectivity index (χ1v) is 6.24. The molecule has 4 nitrogen and oxygen atoms in total. The Bertz CT molecular complexity index is 630. The van der Waals surface area contributed by atoms with E-state index in [1.165, 1.54) is 0 Å². The third-order valence-corrected chi connectivity index (χ3v) is 3.09. The number of hydrogen-bond donors (Lipinski definition) is 1. The number of anilines is 1. The molecule has 2 aromatic heterocycles. The first kappa shape index (κ1) is 10.3. The van der Waals surface area contributed by atoms with Gasteiger partial charge in [-0.2, -0.15) is 0 Å². The standard InChI is InChI=1S/C12H11N3OS/c1-8-15-11-4-9(2-3-12(11)16-8)13-5-10-6-17-7-14-10/h2-4,6-7,13H,5H2,1H3. The van der Waals surface area contributed by atoms with Crippen molar-refractivity contribution in [1.82, 2.24) is 9.97 Å². The minimum absolute atomic E-state index is 0.691. The molecule has 1 N–H and O–H groups in total. The summed E-state index contributed by atoms with van der Waals surface area (Å²) in [5.41, 5.74) is 5.61. The highest BCUT2D eigenvalue weighted by Crippen LogP contribution is 2.20. The molecular weight excluding hydrogens is 234 g/mol. The van der Waals surface area contributed by atoms with Crippen molar-refractivity contribution in [2.75, 3.05) is 5.32 Å². The molecule has 0 amide bonds. The molecule has 0 saturated carbocycles. The number of hydrogen-bond acceptors (Lipinski definition) is 5. The lowest BCUT2D eigenvalue weighted by atomic mass is 10.3. The summed E-state index contributed by atoms with van der Waals surface area (Å²) in [5, 5.41) is 5.34. The van der Waals surface area contributed by atoms with Crippen LogP contribution >= 0.6 is 11.3 Å². The Hall–Kier alpha value is -1.88. The number of benzene rings is 1. The summed E-state index contributed by atoms with van der Waals surface area (Å²) in [6.07, 6.45) is 0. The number of fused-ring (bicyclic) bond motifs is 1. The quantitative estimate of drug-likeness (QED) is 0.769. The van der Waals surface area contributed by atoms with Gasteiger partial charge in [-0.1, -0.05) is 0 Å². The normalized spacial score (nSPS) is 10.9. The summed E-state index contributed by atoms with van der Waals surface area (Å²) < 4.78 is 5.42. The van der Waals surface area contributed by atoms with Gasteiger partial charge in [0.15, 0.2) is 11.5 Å². The van der Waals surface area contributed by atoms with Crippen LogP contribution in [0.5, 0.6) is 0 Å². The molecular formula is C12H11N3OS. The fourth-order valence-electron chi connectivity index (χ4n) is 1.67. The van der Waals surface area contributed by atoms with E-state index in [1.54, 1.807) is 11.3 Å². The van der Waals surface area contributed by atoms with E-state index in [-0.39, 0.29) is 0 Å². The van der Waals surface area contributed by atoms with Gasteiger partial charge in [0.25, 0.3) is 0 Å². The highest BCUT2D eigenvalue weighted by atomic mass is 32.1. The summed E-state index contributed by atoms with van der Waals surface area (Å²) in [7, 11) is 0. The molecule has 0 aliphatic heterocycles. The molecule has 0 fully saturated rings. The van der Waals surface area contributed by atoms with Gasteiger partial charge >= 0.3 is 0 Å². The minimum atomic E-state index is 0.691. The van der Waals surface area contributed by atoms with Crippen molar-refractivity contribution >= 4 is 28.1 Å². The molecule has 17 heavy (non-hydrogen) atoms. The Labute approximate surface area is 102 Å². The Morgan fingerprint density at radius 2 is 2.35 bits per heavy atom. The molecule has 86 valence electrons. The predicted octanol–water partition coefficient (Wildman–Crippen LogP) is 3.20. The zero-order valence-corrected chi connectivity index (χ0v) is 10.1. The smallest absolute Gasteiger partial charge is 0.192 e. The average Bonchev–Trinajstić information content (AvgIpc) is 2.92. The molecule has 5 heteroatoms. The van der Waals surface area contributed by atoms with Gasteiger partial charge < -0.3 is 9.73 Å². The molecule has 0 unspecified atom stereocenters.